The van der Waals surface area contributed by atoms with Crippen molar-refractivity contribution in [2.45, 2.75) is 12.8 Å². The molecule has 3 aromatic rings. The van der Waals surface area contributed by atoms with E-state index in [0.29, 0.717) is 35.0 Å². The summed E-state index contributed by atoms with van der Waals surface area (Å²) in [4.78, 5) is 24.5. The number of fused-ring (bicyclic) bond motifs is 1. The predicted octanol–water partition coefficient (Wildman–Crippen LogP) is 4.62. The van der Waals surface area contributed by atoms with Crippen LogP contribution in [0.25, 0.3) is 11.8 Å². The molecule has 0 saturated carbocycles. The van der Waals surface area contributed by atoms with Gasteiger partial charge in [0.2, 0.25) is 0 Å². The second kappa shape index (κ2) is 11.0. The lowest BCUT2D eigenvalue weighted by Crippen LogP contribution is -2.36. The number of ether oxygens (including phenoxy) is 1. The number of nitrogens with zero attached hydrogens (tertiary/aromatic N) is 3. The van der Waals surface area contributed by atoms with Gasteiger partial charge in [0.1, 0.15) is 11.4 Å². The molecule has 2 heterocycles. The Labute approximate surface area is 221 Å². The topological polar surface area (TPSA) is 109 Å². The van der Waals surface area contributed by atoms with E-state index in [1.54, 1.807) is 35.4 Å². The minimum absolute atomic E-state index is 0.126. The summed E-state index contributed by atoms with van der Waals surface area (Å²) < 4.78 is 36.2. The molecule has 2 aliphatic rings. The van der Waals surface area contributed by atoms with Crippen LogP contribution in [0, 0.1) is 0 Å². The number of carbonyl (C=O) groups excluding carboxylic acids is 1. The summed E-state index contributed by atoms with van der Waals surface area (Å²) in [6.45, 7) is 0.126. The van der Waals surface area contributed by atoms with Gasteiger partial charge in [-0.15, -0.1) is 0 Å². The fourth-order valence-corrected chi connectivity index (χ4v) is 4.62. The molecule has 8 nitrogen and oxygen atoms in total. The van der Waals surface area contributed by atoms with Crippen molar-refractivity contribution in [3.05, 3.63) is 114 Å². The average molecular weight is 528 g/mol. The molecular weight excluding hydrogens is 502 g/mol. The number of amides is 1. The van der Waals surface area contributed by atoms with Crippen LogP contribution in [0.4, 0.5) is 0 Å². The van der Waals surface area contributed by atoms with Crippen molar-refractivity contribution < 1.29 is 22.5 Å². The van der Waals surface area contributed by atoms with E-state index < -0.39 is 10.1 Å². The van der Waals surface area contributed by atoms with Crippen molar-refractivity contribution in [3.8, 4) is 5.75 Å². The molecule has 0 radical (unpaired) electrons. The Balaban J connectivity index is 1.42. The van der Waals surface area contributed by atoms with Crippen LogP contribution in [0.15, 0.2) is 107 Å². The van der Waals surface area contributed by atoms with Crippen molar-refractivity contribution in [2.24, 2.45) is 9.98 Å². The molecule has 0 spiro atoms. The van der Waals surface area contributed by atoms with Crippen molar-refractivity contribution >= 4 is 39.3 Å². The van der Waals surface area contributed by atoms with Crippen LogP contribution in [0.2, 0.25) is 0 Å². The van der Waals surface area contributed by atoms with Gasteiger partial charge in [0.05, 0.1) is 23.8 Å². The van der Waals surface area contributed by atoms with Crippen molar-refractivity contribution in [1.82, 2.24) is 4.90 Å². The summed E-state index contributed by atoms with van der Waals surface area (Å²) in [6, 6.07) is 26.7. The molecule has 0 fully saturated rings. The molecule has 0 atom stereocenters. The van der Waals surface area contributed by atoms with E-state index in [2.05, 4.69) is 4.99 Å². The van der Waals surface area contributed by atoms with Crippen LogP contribution in [-0.4, -0.2) is 47.7 Å². The van der Waals surface area contributed by atoms with Gasteiger partial charge < -0.3 is 4.74 Å². The Morgan fingerprint density at radius 3 is 2.39 bits per heavy atom. The van der Waals surface area contributed by atoms with Gasteiger partial charge in [-0.2, -0.15) is 8.42 Å². The molecule has 38 heavy (non-hydrogen) atoms. The van der Waals surface area contributed by atoms with Gasteiger partial charge in [0.15, 0.2) is 5.84 Å². The van der Waals surface area contributed by atoms with Gasteiger partial charge in [0, 0.05) is 18.2 Å². The number of carbonyl (C=O) groups is 1. The van der Waals surface area contributed by atoms with Crippen LogP contribution in [0.5, 0.6) is 5.75 Å². The average Bonchev–Trinajstić information content (AvgIpc) is 3.23. The molecule has 9 heteroatoms. The van der Waals surface area contributed by atoms with Gasteiger partial charge in [-0.1, -0.05) is 72.8 Å². The Bertz CT molecular complexity index is 1580. The number of benzene rings is 3. The smallest absolute Gasteiger partial charge is 0.282 e. The van der Waals surface area contributed by atoms with Gasteiger partial charge in [-0.05, 0) is 35.8 Å². The summed E-state index contributed by atoms with van der Waals surface area (Å²) in [7, 11) is -4.03. The minimum atomic E-state index is -4.03. The Morgan fingerprint density at radius 2 is 1.66 bits per heavy atom. The maximum atomic E-state index is 13.4. The van der Waals surface area contributed by atoms with Crippen LogP contribution in [0.1, 0.15) is 23.1 Å². The zero-order chi connectivity index (χ0) is 26.5. The minimum Gasteiger partial charge on any atom is -0.494 e. The molecule has 0 unspecified atom stereocenters. The van der Waals surface area contributed by atoms with E-state index in [9.17, 15) is 13.2 Å². The van der Waals surface area contributed by atoms with E-state index in [1.807, 2.05) is 66.7 Å². The Hall–Kier alpha value is -4.34. The maximum absolute atomic E-state index is 13.4. The molecular formula is C29H25N3O5S. The number of amidine groups is 1. The fraction of sp³-hybridized carbons (Fsp3) is 0.138. The predicted molar refractivity (Wildman–Crippen MR) is 147 cm³/mol. The lowest BCUT2D eigenvalue weighted by molar-refractivity contribution is -0.120. The molecule has 0 aromatic heterocycles. The third-order valence-electron chi connectivity index (χ3n) is 5.92. The highest BCUT2D eigenvalue weighted by atomic mass is 32.2. The van der Waals surface area contributed by atoms with Crippen LogP contribution >= 0.6 is 0 Å². The normalized spacial score (nSPS) is 16.1. The number of aliphatic imine (C=N–C) groups is 2. The molecule has 0 saturated heterocycles. The lowest BCUT2D eigenvalue weighted by atomic mass is 10.1. The first kappa shape index (κ1) is 25.3. The molecule has 0 aliphatic carbocycles. The summed E-state index contributed by atoms with van der Waals surface area (Å²) in [5, 5.41) is 0. The summed E-state index contributed by atoms with van der Waals surface area (Å²) in [5.74, 6) is 0.392. The number of rotatable bonds is 9. The number of hydrogen-bond acceptors (Lipinski definition) is 6. The van der Waals surface area contributed by atoms with Gasteiger partial charge in [-0.25, -0.2) is 9.98 Å². The fourth-order valence-electron chi connectivity index (χ4n) is 4.14. The third kappa shape index (κ3) is 6.13. The second-order valence-corrected chi connectivity index (χ2v) is 10.4. The molecule has 1 N–H and O–H groups in total. The van der Waals surface area contributed by atoms with E-state index in [-0.39, 0.29) is 30.4 Å². The highest BCUT2D eigenvalue weighted by Crippen LogP contribution is 2.29. The second-order valence-electron chi connectivity index (χ2n) is 8.80. The first-order valence-electron chi connectivity index (χ1n) is 12.1. The molecule has 2 aliphatic heterocycles. The van der Waals surface area contributed by atoms with E-state index >= 15 is 0 Å². The van der Waals surface area contributed by atoms with Gasteiger partial charge in [0.25, 0.3) is 16.0 Å². The van der Waals surface area contributed by atoms with Crippen molar-refractivity contribution in [2.75, 3.05) is 12.4 Å². The van der Waals surface area contributed by atoms with E-state index in [1.165, 1.54) is 0 Å². The van der Waals surface area contributed by atoms with E-state index in [4.69, 9.17) is 14.3 Å². The van der Waals surface area contributed by atoms with Crippen molar-refractivity contribution in [1.29, 1.82) is 0 Å². The SMILES string of the molecule is O=C1C(=Cc2cccc(OCCCS(=O)(=O)O)c2)N=C2C(Cc3ccccc3)=NC(c3ccccc3)=CN12. The highest BCUT2D eigenvalue weighted by molar-refractivity contribution is 7.85. The third-order valence-corrected chi connectivity index (χ3v) is 6.72. The molecule has 192 valence electrons. The van der Waals surface area contributed by atoms with Crippen LogP contribution in [0.3, 0.4) is 0 Å². The van der Waals surface area contributed by atoms with Crippen LogP contribution in [-0.2, 0) is 21.3 Å². The standard InChI is InChI=1S/C29H25N3O5S/c33-29-26(19-22-11-7-14-24(17-22)37-15-8-16-38(34,35)36)31-28-25(18-21-9-3-1-4-10-21)30-27(20-32(28)29)23-12-5-2-6-13-23/h1-7,9-14,17,19-20H,8,15-16,18H2,(H,34,35,36). The zero-order valence-electron chi connectivity index (χ0n) is 20.4. The first-order valence-corrected chi connectivity index (χ1v) is 13.7. The Morgan fingerprint density at radius 1 is 0.921 bits per heavy atom. The summed E-state index contributed by atoms with van der Waals surface area (Å²) in [5.41, 5.74) is 4.33. The Kier molecular flexibility index (Phi) is 7.30. The monoisotopic (exact) mass is 527 g/mol. The molecule has 3 aromatic carbocycles. The molecule has 1 amide bonds. The quantitative estimate of drug-likeness (QED) is 0.248. The summed E-state index contributed by atoms with van der Waals surface area (Å²) in [6.07, 6.45) is 4.09. The number of hydrogen-bond donors (Lipinski definition) is 1. The lowest BCUT2D eigenvalue weighted by Gasteiger charge is -2.21. The van der Waals surface area contributed by atoms with Gasteiger partial charge >= 0.3 is 0 Å². The van der Waals surface area contributed by atoms with E-state index in [0.717, 1.165) is 11.1 Å². The molecule has 5 rings (SSSR count). The highest BCUT2D eigenvalue weighted by Gasteiger charge is 2.35. The zero-order valence-corrected chi connectivity index (χ0v) is 21.2. The largest absolute Gasteiger partial charge is 0.494 e. The first-order chi connectivity index (χ1) is 18.4. The van der Waals surface area contributed by atoms with Gasteiger partial charge in [-0.3, -0.25) is 14.2 Å². The molecule has 0 bridgehead atoms. The van der Waals surface area contributed by atoms with Crippen LogP contribution < -0.4 is 4.74 Å². The maximum Gasteiger partial charge on any atom is 0.282 e. The summed E-state index contributed by atoms with van der Waals surface area (Å²) >= 11 is 0. The van der Waals surface area contributed by atoms with Crippen molar-refractivity contribution in [3.63, 3.8) is 0 Å².